The molecule has 0 amide bonds. The summed E-state index contributed by atoms with van der Waals surface area (Å²) in [6, 6.07) is 10.9. The summed E-state index contributed by atoms with van der Waals surface area (Å²) in [5.41, 5.74) is 0.454. The van der Waals surface area contributed by atoms with Crippen LogP contribution in [0.1, 0.15) is 31.9 Å². The second-order valence-corrected chi connectivity index (χ2v) is 13.6. The van der Waals surface area contributed by atoms with Gasteiger partial charge in [0.05, 0.1) is 50.7 Å². The third kappa shape index (κ3) is 4.35. The Balaban J connectivity index is 1.27. The van der Waals surface area contributed by atoms with Gasteiger partial charge in [0.1, 0.15) is 41.0 Å². The zero-order valence-corrected chi connectivity index (χ0v) is 28.2. The van der Waals surface area contributed by atoms with Crippen molar-refractivity contribution in [2.75, 3.05) is 13.7 Å². The van der Waals surface area contributed by atoms with Gasteiger partial charge in [-0.2, -0.15) is 0 Å². The maximum atomic E-state index is 13.9. The van der Waals surface area contributed by atoms with Crippen LogP contribution in [0.2, 0.25) is 0 Å². The van der Waals surface area contributed by atoms with Gasteiger partial charge in [0, 0.05) is 37.4 Å². The summed E-state index contributed by atoms with van der Waals surface area (Å²) in [5.74, 6) is 1.06. The van der Waals surface area contributed by atoms with E-state index in [1.165, 1.54) is 25.3 Å². The van der Waals surface area contributed by atoms with Crippen LogP contribution in [0.4, 0.5) is 0 Å². The lowest BCUT2D eigenvalue weighted by atomic mass is 9.97. The van der Waals surface area contributed by atoms with Gasteiger partial charge in [0.25, 0.3) is 0 Å². The Morgan fingerprint density at radius 3 is 2.22 bits per heavy atom. The molecule has 254 valence electrons. The van der Waals surface area contributed by atoms with Crippen molar-refractivity contribution < 1.29 is 34.3 Å². The predicted octanol–water partition coefficient (Wildman–Crippen LogP) is 6.25. The number of rotatable bonds is 3. The minimum absolute atomic E-state index is 0.0537. The standard InChI is InChI=1S/C39H34N2O9/c1-38(2)14-12-20-28(49-38)17-25(44)30-33(20)41(5)34-22(36(30)46)10-11-26-37(34)48-18-39(3,50-26)15-13-19-27(47-6)16-24(43)29-32(19)40(4)31-21(35(29)45)8-7-9-23(31)42/h7-17,42-44H,18H2,1-6H3/b15-13-. The van der Waals surface area contributed by atoms with Crippen LogP contribution in [0.25, 0.3) is 55.8 Å². The number of hydrogen-bond acceptors (Lipinski definition) is 9. The fourth-order valence-electron chi connectivity index (χ4n) is 7.30. The maximum Gasteiger partial charge on any atom is 0.201 e. The van der Waals surface area contributed by atoms with Gasteiger partial charge in [-0.1, -0.05) is 6.07 Å². The molecule has 11 heteroatoms. The van der Waals surface area contributed by atoms with E-state index < -0.39 is 16.6 Å². The molecule has 0 saturated heterocycles. The highest BCUT2D eigenvalue weighted by Gasteiger charge is 2.34. The number of phenolic OH excluding ortho intramolecular Hbond substituents is 3. The molecule has 4 aromatic carbocycles. The summed E-state index contributed by atoms with van der Waals surface area (Å²) in [6.07, 6.45) is 7.34. The minimum Gasteiger partial charge on any atom is -0.507 e. The largest absolute Gasteiger partial charge is 0.507 e. The third-order valence-corrected chi connectivity index (χ3v) is 9.65. The number of aryl methyl sites for hydroxylation is 2. The van der Waals surface area contributed by atoms with Gasteiger partial charge >= 0.3 is 0 Å². The van der Waals surface area contributed by atoms with Crippen molar-refractivity contribution in [3.63, 3.8) is 0 Å². The first-order valence-corrected chi connectivity index (χ1v) is 16.0. The molecule has 0 radical (unpaired) electrons. The van der Waals surface area contributed by atoms with Crippen molar-refractivity contribution in [3.8, 4) is 40.2 Å². The molecule has 3 N–H and O–H groups in total. The van der Waals surface area contributed by atoms with Crippen LogP contribution < -0.4 is 29.8 Å². The molecule has 4 heterocycles. The molecule has 2 aromatic heterocycles. The van der Waals surface area contributed by atoms with Crippen molar-refractivity contribution in [2.24, 2.45) is 14.1 Å². The van der Waals surface area contributed by atoms with Gasteiger partial charge in [-0.25, -0.2) is 0 Å². The number of ether oxygens (including phenoxy) is 4. The van der Waals surface area contributed by atoms with E-state index in [0.29, 0.717) is 61.6 Å². The zero-order valence-electron chi connectivity index (χ0n) is 28.2. The molecular formula is C39H34N2O9. The van der Waals surface area contributed by atoms with Crippen molar-refractivity contribution in [2.45, 2.75) is 32.0 Å². The molecule has 2 aliphatic heterocycles. The molecule has 50 heavy (non-hydrogen) atoms. The Bertz CT molecular complexity index is 2680. The molecule has 0 bridgehead atoms. The third-order valence-electron chi connectivity index (χ3n) is 9.65. The van der Waals surface area contributed by atoms with E-state index in [1.807, 2.05) is 44.5 Å². The van der Waals surface area contributed by atoms with Crippen LogP contribution in [-0.4, -0.2) is 49.4 Å². The summed E-state index contributed by atoms with van der Waals surface area (Å²) in [5, 5.41) is 33.5. The monoisotopic (exact) mass is 674 g/mol. The molecule has 1 atom stereocenters. The van der Waals surface area contributed by atoms with Crippen LogP contribution in [-0.2, 0) is 14.1 Å². The number of phenols is 3. The Morgan fingerprint density at radius 2 is 1.48 bits per heavy atom. The molecule has 2 aliphatic rings. The van der Waals surface area contributed by atoms with E-state index in [4.69, 9.17) is 18.9 Å². The second kappa shape index (κ2) is 10.4. The lowest BCUT2D eigenvalue weighted by Crippen LogP contribution is -2.40. The Morgan fingerprint density at radius 1 is 0.800 bits per heavy atom. The van der Waals surface area contributed by atoms with Crippen LogP contribution in [0.15, 0.2) is 64.2 Å². The average Bonchev–Trinajstić information content (AvgIpc) is 3.07. The van der Waals surface area contributed by atoms with E-state index in [9.17, 15) is 24.9 Å². The Labute approximate surface area is 285 Å². The molecule has 8 rings (SSSR count). The number of para-hydroxylation sites is 1. The first-order valence-electron chi connectivity index (χ1n) is 16.0. The highest BCUT2D eigenvalue weighted by atomic mass is 16.6. The fourth-order valence-corrected chi connectivity index (χ4v) is 7.30. The number of fused-ring (bicyclic) bond motifs is 8. The smallest absolute Gasteiger partial charge is 0.201 e. The second-order valence-electron chi connectivity index (χ2n) is 13.6. The minimum atomic E-state index is -1.02. The number of pyridine rings is 2. The molecule has 1 unspecified atom stereocenters. The molecule has 0 spiro atoms. The summed E-state index contributed by atoms with van der Waals surface area (Å²) in [6.45, 7) is 5.71. The number of hydrogen-bond donors (Lipinski definition) is 3. The highest BCUT2D eigenvalue weighted by molar-refractivity contribution is 6.05. The lowest BCUT2D eigenvalue weighted by Gasteiger charge is -2.34. The van der Waals surface area contributed by atoms with Gasteiger partial charge < -0.3 is 43.4 Å². The van der Waals surface area contributed by atoms with Crippen LogP contribution in [0.5, 0.6) is 40.2 Å². The summed E-state index contributed by atoms with van der Waals surface area (Å²) in [7, 11) is 4.98. The zero-order chi connectivity index (χ0) is 35.4. The van der Waals surface area contributed by atoms with Crippen LogP contribution in [0.3, 0.4) is 0 Å². The number of methoxy groups -OCH3 is 1. The Hall–Kier alpha value is -6.10. The van der Waals surface area contributed by atoms with E-state index >= 15 is 0 Å². The molecule has 0 aliphatic carbocycles. The van der Waals surface area contributed by atoms with E-state index in [0.717, 1.165) is 0 Å². The first-order chi connectivity index (χ1) is 23.7. The van der Waals surface area contributed by atoms with E-state index in [2.05, 4.69) is 0 Å². The topological polar surface area (TPSA) is 142 Å². The highest BCUT2D eigenvalue weighted by Crippen LogP contribution is 2.45. The van der Waals surface area contributed by atoms with Gasteiger partial charge in [-0.3, -0.25) is 9.59 Å². The van der Waals surface area contributed by atoms with Gasteiger partial charge in [-0.05, 0) is 69.3 Å². The molecule has 0 saturated carbocycles. The quantitative estimate of drug-likeness (QED) is 0.186. The first kappa shape index (κ1) is 31.2. The van der Waals surface area contributed by atoms with Crippen molar-refractivity contribution in [1.29, 1.82) is 0 Å². The van der Waals surface area contributed by atoms with E-state index in [-0.39, 0.29) is 45.4 Å². The van der Waals surface area contributed by atoms with Crippen molar-refractivity contribution in [3.05, 3.63) is 86.2 Å². The van der Waals surface area contributed by atoms with Crippen molar-refractivity contribution >= 4 is 55.8 Å². The SMILES string of the molecule is COc1cc(O)c2c(=O)c3cccc(O)c3n(C)c2c1/C=C\C1(C)COc2c(ccc3c(=O)c4c(O)cc5c(c4n(C)c23)C=CC(C)(C)O5)O1. The summed E-state index contributed by atoms with van der Waals surface area (Å²) < 4.78 is 28.2. The molecule has 11 nitrogen and oxygen atoms in total. The predicted molar refractivity (Wildman–Crippen MR) is 192 cm³/mol. The number of nitrogens with zero attached hydrogens (tertiary/aromatic N) is 2. The fraction of sp³-hybridized carbons (Fsp3) is 0.231. The number of aromatic nitrogens is 2. The maximum absolute atomic E-state index is 13.9. The van der Waals surface area contributed by atoms with Gasteiger partial charge in [0.15, 0.2) is 17.1 Å². The number of aromatic hydroxyl groups is 3. The van der Waals surface area contributed by atoms with Crippen LogP contribution in [0, 0.1) is 0 Å². The lowest BCUT2D eigenvalue weighted by molar-refractivity contribution is 0.0461. The molecule has 0 fully saturated rings. The Kier molecular flexibility index (Phi) is 6.52. The average molecular weight is 675 g/mol. The molecule has 6 aromatic rings. The van der Waals surface area contributed by atoms with E-state index in [1.54, 1.807) is 48.0 Å². The van der Waals surface area contributed by atoms with Crippen molar-refractivity contribution in [1.82, 2.24) is 9.13 Å². The normalized spacial score (nSPS) is 17.9. The summed E-state index contributed by atoms with van der Waals surface area (Å²) >= 11 is 0. The van der Waals surface area contributed by atoms with Gasteiger partial charge in [0.2, 0.25) is 10.9 Å². The summed E-state index contributed by atoms with van der Waals surface area (Å²) in [4.78, 5) is 27.5. The van der Waals surface area contributed by atoms with Gasteiger partial charge in [-0.15, -0.1) is 0 Å². The molecular weight excluding hydrogens is 640 g/mol. The van der Waals surface area contributed by atoms with Crippen LogP contribution >= 0.6 is 0 Å². The number of benzene rings is 4.